The van der Waals surface area contributed by atoms with Crippen LogP contribution in [0.5, 0.6) is 0 Å². The molecule has 22 heavy (non-hydrogen) atoms. The zero-order chi connectivity index (χ0) is 16.2. The number of hydrogen-bond acceptors (Lipinski definition) is 4. The average molecular weight is 329 g/mol. The lowest BCUT2D eigenvalue weighted by Gasteiger charge is -2.16. The number of hydrogen-bond donors (Lipinski definition) is 1. The molecule has 1 saturated heterocycles. The van der Waals surface area contributed by atoms with E-state index in [9.17, 15) is 17.6 Å². The molecule has 7 heteroatoms. The van der Waals surface area contributed by atoms with Gasteiger partial charge in [-0.3, -0.25) is 4.79 Å². The quantitative estimate of drug-likeness (QED) is 0.857. The van der Waals surface area contributed by atoms with E-state index in [0.29, 0.717) is 18.6 Å². The molecule has 0 aromatic heterocycles. The van der Waals surface area contributed by atoms with E-state index in [1.54, 1.807) is 12.1 Å². The van der Waals surface area contributed by atoms with E-state index in [1.165, 1.54) is 19.1 Å². The minimum atomic E-state index is -3.55. The van der Waals surface area contributed by atoms with Gasteiger partial charge < -0.3 is 10.1 Å². The van der Waals surface area contributed by atoms with Crippen molar-refractivity contribution in [2.24, 2.45) is 0 Å². The van der Waals surface area contributed by atoms with Gasteiger partial charge in [0.2, 0.25) is 5.91 Å². The Bertz CT molecular complexity index is 609. The lowest BCUT2D eigenvalue weighted by molar-refractivity contribution is -0.120. The summed E-state index contributed by atoms with van der Waals surface area (Å²) in [7, 11) is -3.55. The summed E-state index contributed by atoms with van der Waals surface area (Å²) in [6.45, 7) is 2.12. The van der Waals surface area contributed by atoms with Crippen molar-refractivity contribution in [2.45, 2.75) is 37.7 Å². The van der Waals surface area contributed by atoms with Crippen molar-refractivity contribution in [1.82, 2.24) is 5.32 Å². The first kappa shape index (κ1) is 16.9. The van der Waals surface area contributed by atoms with Crippen molar-refractivity contribution in [3.05, 3.63) is 35.6 Å². The van der Waals surface area contributed by atoms with Gasteiger partial charge in [-0.15, -0.1) is 0 Å². The molecule has 0 bridgehead atoms. The first-order valence-corrected chi connectivity index (χ1v) is 8.95. The molecule has 1 heterocycles. The Kier molecular flexibility index (Phi) is 5.52. The largest absolute Gasteiger partial charge is 0.377 e. The van der Waals surface area contributed by atoms with Gasteiger partial charge in [0.15, 0.2) is 9.84 Å². The standard InChI is InChI=1S/C15H20FNO4S/c1-11(22(19,20)10-14-3-2-8-21-14)15(18)17-9-12-4-6-13(16)7-5-12/h4-7,11,14H,2-3,8-10H2,1H3,(H,17,18)/t11-,14+/m1/s1. The summed E-state index contributed by atoms with van der Waals surface area (Å²) in [4.78, 5) is 12.0. The summed E-state index contributed by atoms with van der Waals surface area (Å²) in [5, 5.41) is 1.44. The fourth-order valence-electron chi connectivity index (χ4n) is 2.28. The summed E-state index contributed by atoms with van der Waals surface area (Å²) in [6.07, 6.45) is 1.26. The van der Waals surface area contributed by atoms with Crippen LogP contribution in [0.3, 0.4) is 0 Å². The van der Waals surface area contributed by atoms with Crippen LogP contribution in [0.2, 0.25) is 0 Å². The second kappa shape index (κ2) is 7.19. The molecule has 0 spiro atoms. The zero-order valence-electron chi connectivity index (χ0n) is 12.4. The summed E-state index contributed by atoms with van der Waals surface area (Å²) in [5.41, 5.74) is 0.707. The van der Waals surface area contributed by atoms with Gasteiger partial charge in [0, 0.05) is 13.2 Å². The Morgan fingerprint density at radius 1 is 1.41 bits per heavy atom. The van der Waals surface area contributed by atoms with Gasteiger partial charge in [-0.25, -0.2) is 12.8 Å². The van der Waals surface area contributed by atoms with E-state index in [0.717, 1.165) is 6.42 Å². The van der Waals surface area contributed by atoms with Crippen LogP contribution in [-0.2, 0) is 25.9 Å². The lowest BCUT2D eigenvalue weighted by atomic mass is 10.2. The van der Waals surface area contributed by atoms with Crippen molar-refractivity contribution in [3.8, 4) is 0 Å². The monoisotopic (exact) mass is 329 g/mol. The fraction of sp³-hybridized carbons (Fsp3) is 0.533. The van der Waals surface area contributed by atoms with Crippen LogP contribution in [0.4, 0.5) is 4.39 Å². The highest BCUT2D eigenvalue weighted by Gasteiger charge is 2.32. The molecule has 0 saturated carbocycles. The molecule has 122 valence electrons. The third kappa shape index (κ3) is 4.51. The highest BCUT2D eigenvalue weighted by atomic mass is 32.2. The maximum absolute atomic E-state index is 12.8. The molecule has 0 unspecified atom stereocenters. The number of nitrogens with one attached hydrogen (secondary N) is 1. The predicted molar refractivity (Wildman–Crippen MR) is 80.5 cm³/mol. The van der Waals surface area contributed by atoms with Gasteiger partial charge in [-0.2, -0.15) is 0 Å². The SMILES string of the molecule is C[C@H](C(=O)NCc1ccc(F)cc1)S(=O)(=O)C[C@@H]1CCCO1. The summed E-state index contributed by atoms with van der Waals surface area (Å²) >= 11 is 0. The lowest BCUT2D eigenvalue weighted by Crippen LogP contribution is -2.40. The molecule has 1 fully saturated rings. The summed E-state index contributed by atoms with van der Waals surface area (Å²) in [5.74, 6) is -1.04. The molecule has 1 aliphatic rings. The smallest absolute Gasteiger partial charge is 0.238 e. The normalized spacial score (nSPS) is 19.8. The molecular weight excluding hydrogens is 309 g/mol. The second-order valence-corrected chi connectivity index (χ2v) is 7.82. The number of amides is 1. The van der Waals surface area contributed by atoms with Crippen LogP contribution in [0.1, 0.15) is 25.3 Å². The minimum absolute atomic E-state index is 0.127. The van der Waals surface area contributed by atoms with E-state index in [-0.39, 0.29) is 24.2 Å². The van der Waals surface area contributed by atoms with Gasteiger partial charge in [0.1, 0.15) is 11.1 Å². The average Bonchev–Trinajstić information content (AvgIpc) is 2.97. The number of carbonyl (C=O) groups excluding carboxylic acids is 1. The molecule has 2 atom stereocenters. The molecule has 2 rings (SSSR count). The Morgan fingerprint density at radius 2 is 2.09 bits per heavy atom. The highest BCUT2D eigenvalue weighted by molar-refractivity contribution is 7.92. The van der Waals surface area contributed by atoms with Crippen LogP contribution in [0.25, 0.3) is 0 Å². The van der Waals surface area contributed by atoms with Crippen molar-refractivity contribution in [3.63, 3.8) is 0 Å². The molecule has 1 amide bonds. The van der Waals surface area contributed by atoms with Crippen LogP contribution in [-0.4, -0.2) is 38.0 Å². The van der Waals surface area contributed by atoms with Gasteiger partial charge in [0.25, 0.3) is 0 Å². The second-order valence-electron chi connectivity index (χ2n) is 5.45. The molecule has 1 N–H and O–H groups in total. The molecule has 1 aromatic carbocycles. The Morgan fingerprint density at radius 3 is 2.68 bits per heavy atom. The summed E-state index contributed by atoms with van der Waals surface area (Å²) < 4.78 is 42.5. The Hall–Kier alpha value is -1.47. The number of carbonyl (C=O) groups is 1. The molecular formula is C15H20FNO4S. The van der Waals surface area contributed by atoms with E-state index in [2.05, 4.69) is 5.32 Å². The fourth-order valence-corrected chi connectivity index (χ4v) is 3.76. The number of sulfone groups is 1. The van der Waals surface area contributed by atoms with Crippen molar-refractivity contribution >= 4 is 15.7 Å². The van der Waals surface area contributed by atoms with Crippen LogP contribution < -0.4 is 5.32 Å². The van der Waals surface area contributed by atoms with E-state index in [4.69, 9.17) is 4.74 Å². The number of benzene rings is 1. The highest BCUT2D eigenvalue weighted by Crippen LogP contribution is 2.16. The van der Waals surface area contributed by atoms with Crippen molar-refractivity contribution in [2.75, 3.05) is 12.4 Å². The van der Waals surface area contributed by atoms with Crippen molar-refractivity contribution in [1.29, 1.82) is 0 Å². The first-order chi connectivity index (χ1) is 10.4. The topological polar surface area (TPSA) is 72.5 Å². The van der Waals surface area contributed by atoms with E-state index < -0.39 is 21.0 Å². The molecule has 1 aromatic rings. The summed E-state index contributed by atoms with van der Waals surface area (Å²) in [6, 6.07) is 5.67. The minimum Gasteiger partial charge on any atom is -0.377 e. The van der Waals surface area contributed by atoms with E-state index in [1.807, 2.05) is 0 Å². The van der Waals surface area contributed by atoms with E-state index >= 15 is 0 Å². The van der Waals surface area contributed by atoms with Gasteiger partial charge in [0.05, 0.1) is 11.9 Å². The number of rotatable bonds is 6. The third-order valence-corrected chi connectivity index (χ3v) is 5.86. The van der Waals surface area contributed by atoms with Crippen molar-refractivity contribution < 1.29 is 22.3 Å². The first-order valence-electron chi connectivity index (χ1n) is 7.24. The molecule has 0 aliphatic carbocycles. The maximum Gasteiger partial charge on any atom is 0.238 e. The molecule has 5 nitrogen and oxygen atoms in total. The van der Waals surface area contributed by atoms with Crippen LogP contribution >= 0.6 is 0 Å². The van der Waals surface area contributed by atoms with Crippen LogP contribution in [0.15, 0.2) is 24.3 Å². The number of ether oxygens (including phenoxy) is 1. The molecule has 1 aliphatic heterocycles. The maximum atomic E-state index is 12.8. The Balaban J connectivity index is 1.88. The Labute approximate surface area is 129 Å². The van der Waals surface area contributed by atoms with Gasteiger partial charge in [-0.1, -0.05) is 12.1 Å². The van der Waals surface area contributed by atoms with Crippen LogP contribution in [0, 0.1) is 5.82 Å². The molecule has 0 radical (unpaired) electrons. The zero-order valence-corrected chi connectivity index (χ0v) is 13.2. The third-order valence-electron chi connectivity index (χ3n) is 3.73. The van der Waals surface area contributed by atoms with Gasteiger partial charge in [-0.05, 0) is 37.5 Å². The van der Waals surface area contributed by atoms with Gasteiger partial charge >= 0.3 is 0 Å². The number of halogens is 1. The predicted octanol–water partition coefficient (Wildman–Crippen LogP) is 1.42.